The Morgan fingerprint density at radius 1 is 1.55 bits per heavy atom. The molecular formula is C11H12FN3O5. The molecule has 1 amide bonds. The second-order valence-electron chi connectivity index (χ2n) is 3.64. The molecule has 0 saturated heterocycles. The number of non-ortho nitro benzene ring substituents is 1. The fourth-order valence-electron chi connectivity index (χ4n) is 1.27. The predicted octanol–water partition coefficient (Wildman–Crippen LogP) is 0.563. The van der Waals surface area contributed by atoms with E-state index < -0.39 is 40.0 Å². The Morgan fingerprint density at radius 2 is 2.20 bits per heavy atom. The third-order valence-corrected chi connectivity index (χ3v) is 2.24. The average Bonchev–Trinajstić information content (AvgIpc) is 2.40. The van der Waals surface area contributed by atoms with Gasteiger partial charge in [0.25, 0.3) is 11.6 Å². The molecule has 108 valence electrons. The van der Waals surface area contributed by atoms with Gasteiger partial charge in [0.15, 0.2) is 6.04 Å². The summed E-state index contributed by atoms with van der Waals surface area (Å²) in [5.41, 5.74) is 4.45. The monoisotopic (exact) mass is 285 g/mol. The molecule has 20 heavy (non-hydrogen) atoms. The van der Waals surface area contributed by atoms with Crippen LogP contribution in [0.3, 0.4) is 0 Å². The molecule has 1 rings (SSSR count). The quantitative estimate of drug-likeness (QED) is 0.352. The number of hydrogen-bond donors (Lipinski definition) is 2. The zero-order valence-corrected chi connectivity index (χ0v) is 10.5. The minimum atomic E-state index is -1.64. The van der Waals surface area contributed by atoms with E-state index in [1.165, 1.54) is 6.92 Å². The van der Waals surface area contributed by atoms with Crippen molar-refractivity contribution in [3.8, 4) is 0 Å². The van der Waals surface area contributed by atoms with Crippen LogP contribution in [0.5, 0.6) is 0 Å². The molecule has 0 aromatic heterocycles. The maximum atomic E-state index is 13.4. The molecular weight excluding hydrogens is 273 g/mol. The maximum Gasteiger partial charge on any atom is 0.332 e. The highest BCUT2D eigenvalue weighted by atomic mass is 19.1. The molecule has 9 heteroatoms. The van der Waals surface area contributed by atoms with Crippen molar-refractivity contribution in [3.63, 3.8) is 0 Å². The molecule has 1 unspecified atom stereocenters. The molecule has 0 fully saturated rings. The van der Waals surface area contributed by atoms with Gasteiger partial charge < -0.3 is 15.8 Å². The van der Waals surface area contributed by atoms with Crippen LogP contribution in [0, 0.1) is 15.9 Å². The van der Waals surface area contributed by atoms with Gasteiger partial charge in [-0.3, -0.25) is 14.9 Å². The Morgan fingerprint density at radius 3 is 2.75 bits per heavy atom. The van der Waals surface area contributed by atoms with E-state index in [1.807, 2.05) is 5.32 Å². The number of halogens is 1. The number of anilines is 1. The first-order valence-electron chi connectivity index (χ1n) is 5.53. The molecule has 8 nitrogen and oxygen atoms in total. The van der Waals surface area contributed by atoms with Crippen LogP contribution in [0.2, 0.25) is 0 Å². The molecule has 1 aromatic carbocycles. The van der Waals surface area contributed by atoms with Gasteiger partial charge >= 0.3 is 5.97 Å². The van der Waals surface area contributed by atoms with Crippen molar-refractivity contribution in [3.05, 3.63) is 34.1 Å². The summed E-state index contributed by atoms with van der Waals surface area (Å²) in [4.78, 5) is 32.6. The summed E-state index contributed by atoms with van der Waals surface area (Å²) in [6.45, 7) is 1.56. The summed E-state index contributed by atoms with van der Waals surface area (Å²) < 4.78 is 17.9. The van der Waals surface area contributed by atoms with Crippen LogP contribution in [-0.2, 0) is 14.3 Å². The number of benzene rings is 1. The number of nitrogens with one attached hydrogen (secondary N) is 1. The van der Waals surface area contributed by atoms with Gasteiger partial charge in [-0.15, -0.1) is 0 Å². The van der Waals surface area contributed by atoms with Crippen molar-refractivity contribution in [1.29, 1.82) is 0 Å². The lowest BCUT2D eigenvalue weighted by Gasteiger charge is -2.11. The van der Waals surface area contributed by atoms with E-state index in [-0.39, 0.29) is 6.61 Å². The number of nitrogens with zero attached hydrogens (tertiary/aromatic N) is 1. The largest absolute Gasteiger partial charge is 0.464 e. The highest BCUT2D eigenvalue weighted by Crippen LogP contribution is 2.21. The number of hydrogen-bond acceptors (Lipinski definition) is 6. The minimum absolute atomic E-state index is 0.0327. The highest BCUT2D eigenvalue weighted by molar-refractivity contribution is 6.08. The van der Waals surface area contributed by atoms with E-state index in [9.17, 15) is 24.1 Å². The number of amides is 1. The first-order valence-corrected chi connectivity index (χ1v) is 5.53. The van der Waals surface area contributed by atoms with Crippen LogP contribution >= 0.6 is 0 Å². The second kappa shape index (κ2) is 6.57. The van der Waals surface area contributed by atoms with E-state index in [0.29, 0.717) is 0 Å². The van der Waals surface area contributed by atoms with Crippen molar-refractivity contribution >= 4 is 23.3 Å². The summed E-state index contributed by atoms with van der Waals surface area (Å²) in [5, 5.41) is 12.5. The van der Waals surface area contributed by atoms with Crippen molar-refractivity contribution < 1.29 is 23.6 Å². The summed E-state index contributed by atoms with van der Waals surface area (Å²) >= 11 is 0. The molecule has 0 saturated carbocycles. The van der Waals surface area contributed by atoms with Gasteiger partial charge in [-0.25, -0.2) is 9.18 Å². The third-order valence-electron chi connectivity index (χ3n) is 2.24. The van der Waals surface area contributed by atoms with E-state index >= 15 is 0 Å². The van der Waals surface area contributed by atoms with E-state index in [1.54, 1.807) is 0 Å². The lowest BCUT2D eigenvalue weighted by Crippen LogP contribution is -2.43. The molecule has 0 bridgehead atoms. The molecule has 1 aromatic rings. The summed E-state index contributed by atoms with van der Waals surface area (Å²) in [7, 11) is 0. The third kappa shape index (κ3) is 3.72. The molecule has 3 N–H and O–H groups in total. The summed E-state index contributed by atoms with van der Waals surface area (Å²) in [5.74, 6) is -2.89. The molecule has 1 atom stereocenters. The first-order chi connectivity index (χ1) is 9.36. The maximum absolute atomic E-state index is 13.4. The number of ether oxygens (including phenoxy) is 1. The van der Waals surface area contributed by atoms with Crippen LogP contribution in [0.4, 0.5) is 15.8 Å². The Labute approximate surface area is 112 Å². The number of carbonyl (C=O) groups excluding carboxylic acids is 2. The lowest BCUT2D eigenvalue weighted by atomic mass is 10.2. The zero-order valence-electron chi connectivity index (χ0n) is 10.5. The van der Waals surface area contributed by atoms with Gasteiger partial charge in [-0.2, -0.15) is 0 Å². The molecule has 0 heterocycles. The second-order valence-corrected chi connectivity index (χ2v) is 3.64. The molecule has 0 aliphatic rings. The fourth-order valence-corrected chi connectivity index (χ4v) is 1.27. The zero-order chi connectivity index (χ0) is 15.3. The van der Waals surface area contributed by atoms with Gasteiger partial charge in [0, 0.05) is 12.1 Å². The van der Waals surface area contributed by atoms with Gasteiger partial charge in [0.1, 0.15) is 5.82 Å². The number of nitro groups is 1. The van der Waals surface area contributed by atoms with Gasteiger partial charge in [0.2, 0.25) is 0 Å². The van der Waals surface area contributed by atoms with Crippen LogP contribution in [0.15, 0.2) is 18.2 Å². The van der Waals surface area contributed by atoms with E-state index in [2.05, 4.69) is 4.74 Å². The fraction of sp³-hybridized carbons (Fsp3) is 0.273. The smallest absolute Gasteiger partial charge is 0.332 e. The highest BCUT2D eigenvalue weighted by Gasteiger charge is 2.24. The van der Waals surface area contributed by atoms with Gasteiger partial charge in [-0.1, -0.05) is 0 Å². The Balaban J connectivity index is 2.87. The predicted molar refractivity (Wildman–Crippen MR) is 66.3 cm³/mol. The molecule has 0 spiro atoms. The number of rotatable bonds is 5. The van der Waals surface area contributed by atoms with Gasteiger partial charge in [-0.05, 0) is 13.0 Å². The van der Waals surface area contributed by atoms with E-state index in [4.69, 9.17) is 5.73 Å². The topological polar surface area (TPSA) is 125 Å². The Bertz CT molecular complexity index is 549. The first kappa shape index (κ1) is 15.5. The molecule has 0 aliphatic heterocycles. The minimum Gasteiger partial charge on any atom is -0.464 e. The van der Waals surface area contributed by atoms with Crippen molar-refractivity contribution in [2.24, 2.45) is 5.73 Å². The van der Waals surface area contributed by atoms with Crippen molar-refractivity contribution in [2.75, 3.05) is 11.9 Å². The number of nitro benzene ring substituents is 1. The Kier molecular flexibility index (Phi) is 5.09. The number of esters is 1. The van der Waals surface area contributed by atoms with Crippen LogP contribution < -0.4 is 11.1 Å². The van der Waals surface area contributed by atoms with Crippen molar-refractivity contribution in [2.45, 2.75) is 13.0 Å². The number of carbonyl (C=O) groups is 2. The SMILES string of the molecule is CCOC(=O)C(N)C(=O)Nc1cc([N+](=O)[O-])ccc1F. The van der Waals surface area contributed by atoms with Crippen LogP contribution in [0.25, 0.3) is 0 Å². The normalized spacial score (nSPS) is 11.6. The Hall–Kier alpha value is -2.55. The number of nitrogens with two attached hydrogens (primary N) is 1. The molecule has 0 radical (unpaired) electrons. The van der Waals surface area contributed by atoms with E-state index in [0.717, 1.165) is 18.2 Å². The van der Waals surface area contributed by atoms with Crippen LogP contribution in [-0.4, -0.2) is 29.4 Å². The standard InChI is InChI=1S/C11H12FN3O5/c1-2-20-11(17)9(13)10(16)14-8-5-6(15(18)19)3-4-7(8)12/h3-5,9H,2,13H2,1H3,(H,14,16). The van der Waals surface area contributed by atoms with Crippen LogP contribution in [0.1, 0.15) is 6.92 Å². The van der Waals surface area contributed by atoms with Crippen molar-refractivity contribution in [1.82, 2.24) is 0 Å². The molecule has 0 aliphatic carbocycles. The summed E-state index contributed by atoms with van der Waals surface area (Å²) in [6.07, 6.45) is 0. The summed E-state index contributed by atoms with van der Waals surface area (Å²) in [6, 6.07) is 0.943. The lowest BCUT2D eigenvalue weighted by molar-refractivity contribution is -0.384. The average molecular weight is 285 g/mol. The van der Waals surface area contributed by atoms with Gasteiger partial charge in [0.05, 0.1) is 17.2 Å².